The van der Waals surface area contributed by atoms with E-state index in [4.69, 9.17) is 9.47 Å². The number of allylic oxidation sites excluding steroid dienone is 1. The lowest BCUT2D eigenvalue weighted by molar-refractivity contribution is -0.118. The third-order valence-corrected chi connectivity index (χ3v) is 5.79. The first-order valence-electron chi connectivity index (χ1n) is 10.5. The number of carbonyl (C=O) groups is 2. The van der Waals surface area contributed by atoms with Gasteiger partial charge in [0.25, 0.3) is 5.91 Å². The molecule has 9 nitrogen and oxygen atoms in total. The Bertz CT molecular complexity index is 1130. The van der Waals surface area contributed by atoms with Crippen molar-refractivity contribution >= 4 is 23.6 Å². The van der Waals surface area contributed by atoms with E-state index < -0.39 is 0 Å². The summed E-state index contributed by atoms with van der Waals surface area (Å²) in [6.07, 6.45) is 1.71. The maximum atomic E-state index is 12.6. The van der Waals surface area contributed by atoms with Crippen molar-refractivity contribution in [1.82, 2.24) is 25.4 Å². The number of hydrogen-bond acceptors (Lipinski definition) is 7. The summed E-state index contributed by atoms with van der Waals surface area (Å²) in [6, 6.07) is 14.6. The average Bonchev–Trinajstić information content (AvgIpc) is 3.26. The molecule has 1 aromatic heterocycles. The Kier molecular flexibility index (Phi) is 9.10. The monoisotopic (exact) mass is 481 g/mol. The Morgan fingerprint density at radius 3 is 2.50 bits per heavy atom. The summed E-state index contributed by atoms with van der Waals surface area (Å²) in [6.45, 7) is 4.85. The van der Waals surface area contributed by atoms with Gasteiger partial charge in [-0.3, -0.25) is 9.59 Å². The van der Waals surface area contributed by atoms with E-state index in [0.29, 0.717) is 41.1 Å². The predicted octanol–water partition coefficient (Wildman–Crippen LogP) is 2.82. The summed E-state index contributed by atoms with van der Waals surface area (Å²) in [5.74, 6) is 1.36. The van der Waals surface area contributed by atoms with E-state index in [9.17, 15) is 9.59 Å². The van der Waals surface area contributed by atoms with Crippen LogP contribution >= 0.6 is 11.8 Å². The van der Waals surface area contributed by atoms with Gasteiger partial charge in [0.15, 0.2) is 22.5 Å². The summed E-state index contributed by atoms with van der Waals surface area (Å²) in [5, 5.41) is 14.7. The molecule has 0 bridgehead atoms. The Hall–Kier alpha value is -3.79. The first kappa shape index (κ1) is 24.8. The number of ether oxygens (including phenoxy) is 2. The van der Waals surface area contributed by atoms with E-state index in [1.165, 1.54) is 26.0 Å². The Morgan fingerprint density at radius 1 is 1.03 bits per heavy atom. The van der Waals surface area contributed by atoms with Gasteiger partial charge in [-0.25, -0.2) is 0 Å². The molecule has 0 aliphatic carbocycles. The number of rotatable bonds is 12. The molecule has 0 saturated carbocycles. The summed E-state index contributed by atoms with van der Waals surface area (Å²) in [5.41, 5.74) is 1.46. The Balaban J connectivity index is 1.58. The molecule has 178 valence electrons. The predicted molar refractivity (Wildman–Crippen MR) is 130 cm³/mol. The molecule has 0 aliphatic rings. The van der Waals surface area contributed by atoms with Crippen LogP contribution in [0.4, 0.5) is 0 Å². The zero-order chi connectivity index (χ0) is 24.3. The van der Waals surface area contributed by atoms with Crippen molar-refractivity contribution in [1.29, 1.82) is 0 Å². The zero-order valence-electron chi connectivity index (χ0n) is 19.1. The van der Waals surface area contributed by atoms with Gasteiger partial charge < -0.3 is 24.7 Å². The molecule has 10 heteroatoms. The second-order valence-corrected chi connectivity index (χ2v) is 8.04. The third-order valence-electron chi connectivity index (χ3n) is 4.82. The number of nitrogens with zero attached hydrogens (tertiary/aromatic N) is 3. The van der Waals surface area contributed by atoms with Gasteiger partial charge in [-0.05, 0) is 23.8 Å². The van der Waals surface area contributed by atoms with E-state index >= 15 is 0 Å². The summed E-state index contributed by atoms with van der Waals surface area (Å²) >= 11 is 1.28. The van der Waals surface area contributed by atoms with E-state index in [-0.39, 0.29) is 24.1 Å². The van der Waals surface area contributed by atoms with Gasteiger partial charge in [0, 0.05) is 18.7 Å². The van der Waals surface area contributed by atoms with Gasteiger partial charge in [0.1, 0.15) is 0 Å². The zero-order valence-corrected chi connectivity index (χ0v) is 19.9. The lowest BCUT2D eigenvalue weighted by atomic mass is 10.2. The van der Waals surface area contributed by atoms with E-state index in [1.54, 1.807) is 24.3 Å². The largest absolute Gasteiger partial charge is 0.493 e. The minimum atomic E-state index is -0.288. The van der Waals surface area contributed by atoms with Crippen LogP contribution in [0.3, 0.4) is 0 Å². The number of amides is 2. The molecule has 1 heterocycles. The molecule has 0 saturated heterocycles. The van der Waals surface area contributed by atoms with Crippen molar-refractivity contribution in [2.75, 3.05) is 20.0 Å². The fourth-order valence-corrected chi connectivity index (χ4v) is 3.88. The van der Waals surface area contributed by atoms with Gasteiger partial charge >= 0.3 is 0 Å². The second kappa shape index (κ2) is 12.4. The molecule has 2 N–H and O–H groups in total. The molecule has 0 aliphatic heterocycles. The summed E-state index contributed by atoms with van der Waals surface area (Å²) in [4.78, 5) is 24.9. The van der Waals surface area contributed by atoms with Gasteiger partial charge in [-0.1, -0.05) is 48.2 Å². The van der Waals surface area contributed by atoms with Crippen LogP contribution < -0.4 is 20.1 Å². The van der Waals surface area contributed by atoms with Crippen molar-refractivity contribution in [2.45, 2.75) is 24.8 Å². The highest BCUT2D eigenvalue weighted by Gasteiger charge is 2.16. The topological polar surface area (TPSA) is 107 Å². The van der Waals surface area contributed by atoms with Crippen LogP contribution in [0, 0.1) is 0 Å². The van der Waals surface area contributed by atoms with Crippen molar-refractivity contribution in [3.05, 3.63) is 78.1 Å². The maximum absolute atomic E-state index is 12.6. The number of hydrogen-bond donors (Lipinski definition) is 2. The van der Waals surface area contributed by atoms with Crippen molar-refractivity contribution < 1.29 is 19.1 Å². The van der Waals surface area contributed by atoms with Crippen LogP contribution in [0.5, 0.6) is 11.5 Å². The highest BCUT2D eigenvalue weighted by Crippen LogP contribution is 2.27. The molecular weight excluding hydrogens is 454 g/mol. The fourth-order valence-electron chi connectivity index (χ4n) is 3.09. The molecule has 0 fully saturated rings. The first-order valence-corrected chi connectivity index (χ1v) is 11.5. The van der Waals surface area contributed by atoms with Crippen LogP contribution in [0.1, 0.15) is 21.7 Å². The molecular formula is C24H27N5O4S. The first-order chi connectivity index (χ1) is 16.5. The van der Waals surface area contributed by atoms with Crippen LogP contribution in [-0.4, -0.2) is 46.6 Å². The van der Waals surface area contributed by atoms with Gasteiger partial charge in [-0.15, -0.1) is 16.8 Å². The smallest absolute Gasteiger partial charge is 0.251 e. The van der Waals surface area contributed by atoms with Crippen LogP contribution in [-0.2, 0) is 24.4 Å². The molecule has 0 radical (unpaired) electrons. The van der Waals surface area contributed by atoms with Crippen molar-refractivity contribution in [3.63, 3.8) is 0 Å². The highest BCUT2D eigenvalue weighted by molar-refractivity contribution is 7.99. The number of thioether (sulfide) groups is 1. The molecule has 0 unspecified atom stereocenters. The standard InChI is InChI=1S/C24H27N5O4S/c1-4-12-29-21(15-26-23(31)18-10-11-19(32-2)20(13-18)33-3)27-28-24(29)34-16-22(30)25-14-17-8-6-5-7-9-17/h4-11,13H,1,12,14-16H2,2-3H3,(H,25,30)(H,26,31). The molecule has 2 amide bonds. The lowest BCUT2D eigenvalue weighted by Crippen LogP contribution is -2.25. The average molecular weight is 482 g/mol. The van der Waals surface area contributed by atoms with Gasteiger partial charge in [0.05, 0.1) is 26.5 Å². The fraction of sp³-hybridized carbons (Fsp3) is 0.250. The van der Waals surface area contributed by atoms with Crippen LogP contribution in [0.2, 0.25) is 0 Å². The number of aromatic nitrogens is 3. The SMILES string of the molecule is C=CCn1c(CNC(=O)c2ccc(OC)c(OC)c2)nnc1SCC(=O)NCc1ccccc1. The van der Waals surface area contributed by atoms with Crippen LogP contribution in [0.25, 0.3) is 0 Å². The Labute approximate surface area is 202 Å². The quantitative estimate of drug-likeness (QED) is 0.303. The van der Waals surface area contributed by atoms with E-state index in [1.807, 2.05) is 34.9 Å². The van der Waals surface area contributed by atoms with Crippen molar-refractivity contribution in [3.8, 4) is 11.5 Å². The highest BCUT2D eigenvalue weighted by atomic mass is 32.2. The second-order valence-electron chi connectivity index (χ2n) is 7.10. The molecule has 34 heavy (non-hydrogen) atoms. The number of carbonyl (C=O) groups excluding carboxylic acids is 2. The minimum Gasteiger partial charge on any atom is -0.493 e. The summed E-state index contributed by atoms with van der Waals surface area (Å²) < 4.78 is 12.3. The summed E-state index contributed by atoms with van der Waals surface area (Å²) in [7, 11) is 3.05. The van der Waals surface area contributed by atoms with Crippen molar-refractivity contribution in [2.24, 2.45) is 0 Å². The molecule has 3 rings (SSSR count). The number of benzene rings is 2. The van der Waals surface area contributed by atoms with E-state index in [0.717, 1.165) is 5.56 Å². The molecule has 3 aromatic rings. The number of nitrogens with one attached hydrogen (secondary N) is 2. The molecule has 0 spiro atoms. The van der Waals surface area contributed by atoms with E-state index in [2.05, 4.69) is 27.4 Å². The maximum Gasteiger partial charge on any atom is 0.251 e. The van der Waals surface area contributed by atoms with Crippen LogP contribution in [0.15, 0.2) is 66.3 Å². The minimum absolute atomic E-state index is 0.106. The number of methoxy groups -OCH3 is 2. The third kappa shape index (κ3) is 6.61. The molecule has 0 atom stereocenters. The Morgan fingerprint density at radius 2 is 1.79 bits per heavy atom. The lowest BCUT2D eigenvalue weighted by Gasteiger charge is -2.11. The van der Waals surface area contributed by atoms with Gasteiger partial charge in [0.2, 0.25) is 5.91 Å². The normalized spacial score (nSPS) is 10.4. The van der Waals surface area contributed by atoms with Gasteiger partial charge in [-0.2, -0.15) is 0 Å². The molecule has 2 aromatic carbocycles.